The highest BCUT2D eigenvalue weighted by molar-refractivity contribution is 5.82. The first kappa shape index (κ1) is 23.4. The van der Waals surface area contributed by atoms with Crippen LogP contribution in [0.5, 0.6) is 0 Å². The molecule has 31 heavy (non-hydrogen) atoms. The zero-order valence-electron chi connectivity index (χ0n) is 18.0. The van der Waals surface area contributed by atoms with Crippen molar-refractivity contribution in [2.45, 2.75) is 69.9 Å². The molecule has 0 aromatic heterocycles. The number of aliphatic hydroxyl groups excluding tert-OH is 1. The standard InChI is InChI=1S/C21H29NO9/c1-5-27-18(24)13(22-20(25)28-11-12-9-7-6-8-10-12)14(23)15-16-17(19(26-4)29-15)31-21(2,3)30-16/h6-10,13-17,19,23H,5,11H2,1-4H3,(H,22,25)/t13-,14+,15+,16-,17-,19+/m0/s1. The molecule has 2 N–H and O–H groups in total. The Labute approximate surface area is 180 Å². The summed E-state index contributed by atoms with van der Waals surface area (Å²) in [6, 6.07) is 7.61. The molecule has 0 unspecified atom stereocenters. The third-order valence-corrected chi connectivity index (χ3v) is 4.98. The average Bonchev–Trinajstić information content (AvgIpc) is 3.23. The number of carbonyl (C=O) groups excluding carboxylic acids is 2. The highest BCUT2D eigenvalue weighted by Crippen LogP contribution is 2.40. The van der Waals surface area contributed by atoms with Crippen LogP contribution in [0.3, 0.4) is 0 Å². The number of hydrogen-bond acceptors (Lipinski definition) is 9. The van der Waals surface area contributed by atoms with Crippen molar-refractivity contribution >= 4 is 12.1 Å². The molecule has 6 atom stereocenters. The number of rotatable bonds is 8. The minimum atomic E-state index is -1.51. The fourth-order valence-corrected chi connectivity index (χ4v) is 3.65. The molecule has 2 saturated heterocycles. The van der Waals surface area contributed by atoms with E-state index in [-0.39, 0.29) is 13.2 Å². The molecular weight excluding hydrogens is 410 g/mol. The summed E-state index contributed by atoms with van der Waals surface area (Å²) in [6.07, 6.45) is -5.53. The Morgan fingerprint density at radius 3 is 2.48 bits per heavy atom. The van der Waals surface area contributed by atoms with E-state index in [4.69, 9.17) is 28.4 Å². The van der Waals surface area contributed by atoms with Crippen molar-refractivity contribution < 1.29 is 43.1 Å². The molecule has 2 aliphatic rings. The highest BCUT2D eigenvalue weighted by Gasteiger charge is 2.59. The summed E-state index contributed by atoms with van der Waals surface area (Å²) in [5.41, 5.74) is 0.773. The SMILES string of the molecule is CCOC(=O)[C@@H](NC(=O)OCc1ccccc1)[C@@H](O)[C@H]1O[C@@H](OC)[C@H]2OC(C)(C)O[C@H]21. The lowest BCUT2D eigenvalue weighted by molar-refractivity contribution is -0.238. The monoisotopic (exact) mass is 439 g/mol. The molecule has 2 heterocycles. The molecule has 3 rings (SSSR count). The maximum absolute atomic E-state index is 12.5. The van der Waals surface area contributed by atoms with Crippen LogP contribution in [-0.4, -0.2) is 73.4 Å². The van der Waals surface area contributed by atoms with Crippen LogP contribution in [0.4, 0.5) is 4.79 Å². The predicted octanol–water partition coefficient (Wildman–Crippen LogP) is 1.10. The molecule has 0 spiro atoms. The van der Waals surface area contributed by atoms with Crippen molar-refractivity contribution in [2.75, 3.05) is 13.7 Å². The van der Waals surface area contributed by atoms with Crippen molar-refractivity contribution in [1.82, 2.24) is 5.32 Å². The van der Waals surface area contributed by atoms with Gasteiger partial charge in [0.1, 0.15) is 31.0 Å². The number of hydrogen-bond donors (Lipinski definition) is 2. The minimum absolute atomic E-state index is 0.000168. The molecule has 1 amide bonds. The van der Waals surface area contributed by atoms with Gasteiger partial charge in [-0.2, -0.15) is 0 Å². The fraction of sp³-hybridized carbons (Fsp3) is 0.619. The zero-order chi connectivity index (χ0) is 22.6. The quantitative estimate of drug-likeness (QED) is 0.573. The van der Waals surface area contributed by atoms with Gasteiger partial charge in [0.25, 0.3) is 0 Å². The van der Waals surface area contributed by atoms with Crippen LogP contribution < -0.4 is 5.32 Å². The molecule has 2 aliphatic heterocycles. The van der Waals surface area contributed by atoms with E-state index >= 15 is 0 Å². The summed E-state index contributed by atoms with van der Waals surface area (Å²) < 4.78 is 32.9. The van der Waals surface area contributed by atoms with Crippen LogP contribution in [0.15, 0.2) is 30.3 Å². The molecule has 2 fully saturated rings. The zero-order valence-corrected chi connectivity index (χ0v) is 18.0. The smallest absolute Gasteiger partial charge is 0.408 e. The van der Waals surface area contributed by atoms with Crippen molar-refractivity contribution in [3.63, 3.8) is 0 Å². The van der Waals surface area contributed by atoms with Crippen molar-refractivity contribution in [3.8, 4) is 0 Å². The first-order valence-electron chi connectivity index (χ1n) is 10.1. The summed E-state index contributed by atoms with van der Waals surface area (Å²) in [5.74, 6) is -1.75. The second-order valence-electron chi connectivity index (χ2n) is 7.70. The molecule has 1 aromatic rings. The topological polar surface area (TPSA) is 122 Å². The number of benzene rings is 1. The maximum Gasteiger partial charge on any atom is 0.408 e. The van der Waals surface area contributed by atoms with Gasteiger partial charge in [-0.1, -0.05) is 30.3 Å². The van der Waals surface area contributed by atoms with Gasteiger partial charge in [-0.05, 0) is 26.3 Å². The summed E-state index contributed by atoms with van der Waals surface area (Å²) in [4.78, 5) is 24.8. The van der Waals surface area contributed by atoms with Crippen molar-refractivity contribution in [1.29, 1.82) is 0 Å². The first-order valence-corrected chi connectivity index (χ1v) is 10.1. The van der Waals surface area contributed by atoms with Gasteiger partial charge in [0.2, 0.25) is 0 Å². The van der Waals surface area contributed by atoms with E-state index in [1.54, 1.807) is 32.9 Å². The molecular formula is C21H29NO9. The van der Waals surface area contributed by atoms with E-state index in [9.17, 15) is 14.7 Å². The number of carbonyl (C=O) groups is 2. The Kier molecular flexibility index (Phi) is 7.50. The number of amides is 1. The predicted molar refractivity (Wildman–Crippen MR) is 106 cm³/mol. The molecule has 1 aromatic carbocycles. The van der Waals surface area contributed by atoms with Crippen LogP contribution in [0.25, 0.3) is 0 Å². The lowest BCUT2D eigenvalue weighted by Gasteiger charge is -2.29. The van der Waals surface area contributed by atoms with Crippen molar-refractivity contribution in [2.24, 2.45) is 0 Å². The molecule has 10 heteroatoms. The van der Waals surface area contributed by atoms with Gasteiger partial charge in [0.15, 0.2) is 18.1 Å². The van der Waals surface area contributed by atoms with Gasteiger partial charge in [-0.3, -0.25) is 0 Å². The third-order valence-electron chi connectivity index (χ3n) is 4.98. The van der Waals surface area contributed by atoms with E-state index < -0.39 is 54.6 Å². The van der Waals surface area contributed by atoms with Crippen LogP contribution in [0.1, 0.15) is 26.3 Å². The van der Waals surface area contributed by atoms with Gasteiger partial charge in [0.05, 0.1) is 6.61 Å². The Hall–Kier alpha value is -2.24. The Balaban J connectivity index is 1.70. The van der Waals surface area contributed by atoms with Crippen LogP contribution in [0, 0.1) is 0 Å². The number of ether oxygens (including phenoxy) is 6. The van der Waals surface area contributed by atoms with E-state index in [2.05, 4.69) is 5.32 Å². The van der Waals surface area contributed by atoms with Crippen molar-refractivity contribution in [3.05, 3.63) is 35.9 Å². The van der Waals surface area contributed by atoms with Crippen LogP contribution in [0.2, 0.25) is 0 Å². The van der Waals surface area contributed by atoms with E-state index in [1.165, 1.54) is 7.11 Å². The summed E-state index contributed by atoms with van der Waals surface area (Å²) >= 11 is 0. The number of methoxy groups -OCH3 is 1. The number of aliphatic hydroxyl groups is 1. The lowest BCUT2D eigenvalue weighted by atomic mass is 10.00. The first-order chi connectivity index (χ1) is 14.8. The summed E-state index contributed by atoms with van der Waals surface area (Å²) in [7, 11) is 1.44. The summed E-state index contributed by atoms with van der Waals surface area (Å²) in [6.45, 7) is 5.13. The van der Waals surface area contributed by atoms with Crippen LogP contribution >= 0.6 is 0 Å². The highest BCUT2D eigenvalue weighted by atomic mass is 16.8. The number of nitrogens with one attached hydrogen (secondary N) is 1. The second kappa shape index (κ2) is 9.92. The molecule has 0 bridgehead atoms. The largest absolute Gasteiger partial charge is 0.464 e. The van der Waals surface area contributed by atoms with Crippen LogP contribution in [-0.2, 0) is 39.8 Å². The normalized spacial score (nSPS) is 28.4. The lowest BCUT2D eigenvalue weighted by Crippen LogP contribution is -2.56. The molecule has 0 radical (unpaired) electrons. The number of alkyl carbamates (subject to hydrolysis) is 1. The molecule has 10 nitrogen and oxygen atoms in total. The molecule has 0 aliphatic carbocycles. The van der Waals surface area contributed by atoms with E-state index in [0.717, 1.165) is 5.56 Å². The third kappa shape index (κ3) is 5.52. The van der Waals surface area contributed by atoms with E-state index in [1.807, 2.05) is 18.2 Å². The Morgan fingerprint density at radius 1 is 1.16 bits per heavy atom. The second-order valence-corrected chi connectivity index (χ2v) is 7.70. The number of fused-ring (bicyclic) bond motifs is 1. The van der Waals surface area contributed by atoms with Gasteiger partial charge in [-0.15, -0.1) is 0 Å². The molecule has 0 saturated carbocycles. The maximum atomic E-state index is 12.5. The van der Waals surface area contributed by atoms with Gasteiger partial charge in [-0.25, -0.2) is 9.59 Å². The Bertz CT molecular complexity index is 756. The van der Waals surface area contributed by atoms with Gasteiger partial charge in [0, 0.05) is 7.11 Å². The number of esters is 1. The Morgan fingerprint density at radius 2 is 1.84 bits per heavy atom. The fourth-order valence-electron chi connectivity index (χ4n) is 3.65. The summed E-state index contributed by atoms with van der Waals surface area (Å²) in [5, 5.41) is 13.4. The average molecular weight is 439 g/mol. The van der Waals surface area contributed by atoms with Gasteiger partial charge < -0.3 is 38.8 Å². The molecule has 172 valence electrons. The minimum Gasteiger partial charge on any atom is -0.464 e. The van der Waals surface area contributed by atoms with E-state index in [0.29, 0.717) is 0 Å². The van der Waals surface area contributed by atoms with Gasteiger partial charge >= 0.3 is 12.1 Å².